The van der Waals surface area contributed by atoms with Gasteiger partial charge in [0.25, 0.3) is 0 Å². The van der Waals surface area contributed by atoms with Gasteiger partial charge >= 0.3 is 29.6 Å². The fourth-order valence-corrected chi connectivity index (χ4v) is 0.232. The molecule has 0 aliphatic heterocycles. The van der Waals surface area contributed by atoms with Crippen LogP contribution in [0.1, 0.15) is 13.8 Å². The van der Waals surface area contributed by atoms with E-state index in [-0.39, 0.29) is 42.3 Å². The van der Waals surface area contributed by atoms with Crippen LogP contribution < -0.4 is 0 Å². The molecule has 0 aromatic heterocycles. The molecule has 0 amide bonds. The van der Waals surface area contributed by atoms with Gasteiger partial charge in [0, 0.05) is 0 Å². The van der Waals surface area contributed by atoms with Crippen LogP contribution in [0.2, 0.25) is 0 Å². The summed E-state index contributed by atoms with van der Waals surface area (Å²) in [5.41, 5.74) is 0. The summed E-state index contributed by atoms with van der Waals surface area (Å²) in [6.07, 6.45) is 0.921. The summed E-state index contributed by atoms with van der Waals surface area (Å²) in [6, 6.07) is 0. The van der Waals surface area contributed by atoms with Crippen molar-refractivity contribution in [2.45, 2.75) is 20.0 Å². The molecule has 0 unspecified atom stereocenters. The molecule has 0 spiro atoms. The maximum absolute atomic E-state index is 9.58. The Morgan fingerprint density at radius 1 is 1.62 bits per heavy atom. The first kappa shape index (κ1) is 11.4. The summed E-state index contributed by atoms with van der Waals surface area (Å²) in [6.45, 7) is 4.00. The molecule has 2 nitrogen and oxygen atoms in total. The van der Waals surface area contributed by atoms with Gasteiger partial charge in [0.2, 0.25) is 0 Å². The Balaban J connectivity index is 0. The molecule has 8 heavy (non-hydrogen) atoms. The van der Waals surface area contributed by atoms with Crippen molar-refractivity contribution in [3.05, 3.63) is 0 Å². The van der Waals surface area contributed by atoms with E-state index >= 15 is 0 Å². The van der Waals surface area contributed by atoms with Crippen molar-refractivity contribution in [1.82, 2.24) is 0 Å². The van der Waals surface area contributed by atoms with E-state index in [0.29, 0.717) is 0 Å². The second-order valence-electron chi connectivity index (χ2n) is 1.55. The van der Waals surface area contributed by atoms with E-state index in [4.69, 9.17) is 4.74 Å². The monoisotopic (exact) mass is 126 g/mol. The Morgan fingerprint density at radius 3 is 2.25 bits per heavy atom. The van der Waals surface area contributed by atoms with E-state index in [1.165, 1.54) is 0 Å². The van der Waals surface area contributed by atoms with Crippen molar-refractivity contribution < 1.29 is 9.53 Å². The van der Waals surface area contributed by atoms with Gasteiger partial charge in [-0.25, -0.2) is 0 Å². The maximum atomic E-state index is 9.58. The molecular formula is C5H11NaO2. The van der Waals surface area contributed by atoms with Crippen molar-refractivity contribution in [3.63, 3.8) is 0 Å². The summed E-state index contributed by atoms with van der Waals surface area (Å²) in [5.74, 6) is 0. The molecule has 0 aromatic rings. The van der Waals surface area contributed by atoms with E-state index in [1.54, 1.807) is 0 Å². The van der Waals surface area contributed by atoms with Gasteiger partial charge in [-0.2, -0.15) is 0 Å². The van der Waals surface area contributed by atoms with Crippen LogP contribution in [0.5, 0.6) is 0 Å². The Bertz CT molecular complexity index is 54.4. The number of carbonyl (C=O) groups excluding carboxylic acids is 1. The second kappa shape index (κ2) is 7.63. The van der Waals surface area contributed by atoms with Crippen molar-refractivity contribution in [3.8, 4) is 0 Å². The van der Waals surface area contributed by atoms with E-state index < -0.39 is 0 Å². The standard InChI is InChI=1S/C5H10O2.Na.H/c1-5(2)7-4-3-6;;/h3,5H,4H2,1-2H3;;. The summed E-state index contributed by atoms with van der Waals surface area (Å²) in [4.78, 5) is 9.58. The first-order chi connectivity index (χ1) is 3.27. The average molecular weight is 126 g/mol. The first-order valence-electron chi connectivity index (χ1n) is 2.32. The normalized spacial score (nSPS) is 8.38. The Hall–Kier alpha value is 0.630. The molecule has 0 heterocycles. The summed E-state index contributed by atoms with van der Waals surface area (Å²) in [7, 11) is 0. The summed E-state index contributed by atoms with van der Waals surface area (Å²) < 4.78 is 4.82. The SMILES string of the molecule is CC(C)OCC=O.[NaH]. The zero-order valence-corrected chi connectivity index (χ0v) is 4.68. The molecule has 0 rings (SSSR count). The quantitative estimate of drug-likeness (QED) is 0.392. The molecule has 0 fully saturated rings. The van der Waals surface area contributed by atoms with E-state index in [9.17, 15) is 4.79 Å². The van der Waals surface area contributed by atoms with Crippen LogP contribution in [0.3, 0.4) is 0 Å². The third-order valence-corrected chi connectivity index (χ3v) is 0.498. The van der Waals surface area contributed by atoms with E-state index in [2.05, 4.69) is 0 Å². The number of hydrogen-bond acceptors (Lipinski definition) is 2. The van der Waals surface area contributed by atoms with Crippen molar-refractivity contribution in [1.29, 1.82) is 0 Å². The summed E-state index contributed by atoms with van der Waals surface area (Å²) in [5, 5.41) is 0. The number of ether oxygens (including phenoxy) is 1. The Labute approximate surface area is 71.9 Å². The van der Waals surface area contributed by atoms with Crippen molar-refractivity contribution in [2.75, 3.05) is 6.61 Å². The average Bonchev–Trinajstić information content (AvgIpc) is 1.61. The molecule has 0 aliphatic carbocycles. The van der Waals surface area contributed by atoms with Gasteiger partial charge in [0.05, 0.1) is 6.10 Å². The zero-order chi connectivity index (χ0) is 5.70. The molecule has 0 saturated carbocycles. The number of aldehydes is 1. The van der Waals surface area contributed by atoms with Crippen LogP contribution in [0.25, 0.3) is 0 Å². The number of hydrogen-bond donors (Lipinski definition) is 0. The predicted molar refractivity (Wildman–Crippen MR) is 34.3 cm³/mol. The molecule has 0 N–H and O–H groups in total. The molecule has 0 aromatic carbocycles. The molecule has 0 aliphatic rings. The van der Waals surface area contributed by atoms with Crippen LogP contribution in [-0.4, -0.2) is 48.6 Å². The molecular weight excluding hydrogens is 115 g/mol. The number of carbonyl (C=O) groups is 1. The Kier molecular flexibility index (Phi) is 10.9. The third kappa shape index (κ3) is 9.80. The van der Waals surface area contributed by atoms with Crippen LogP contribution in [0.15, 0.2) is 0 Å². The van der Waals surface area contributed by atoms with Gasteiger partial charge in [-0.1, -0.05) is 0 Å². The molecule has 0 radical (unpaired) electrons. The van der Waals surface area contributed by atoms with Crippen LogP contribution in [-0.2, 0) is 9.53 Å². The van der Waals surface area contributed by atoms with Gasteiger partial charge in [0.1, 0.15) is 12.9 Å². The van der Waals surface area contributed by atoms with Crippen LogP contribution >= 0.6 is 0 Å². The second-order valence-corrected chi connectivity index (χ2v) is 1.55. The first-order valence-corrected chi connectivity index (χ1v) is 2.32. The predicted octanol–water partition coefficient (Wildman–Crippen LogP) is -0.0382. The van der Waals surface area contributed by atoms with Crippen molar-refractivity contribution >= 4 is 35.8 Å². The third-order valence-electron chi connectivity index (χ3n) is 0.498. The van der Waals surface area contributed by atoms with Gasteiger partial charge in [-0.3, -0.25) is 0 Å². The summed E-state index contributed by atoms with van der Waals surface area (Å²) >= 11 is 0. The molecule has 3 heteroatoms. The zero-order valence-electron chi connectivity index (χ0n) is 4.68. The van der Waals surface area contributed by atoms with E-state index in [1.807, 2.05) is 13.8 Å². The minimum absolute atomic E-state index is 0. The van der Waals surface area contributed by atoms with Gasteiger partial charge < -0.3 is 9.53 Å². The van der Waals surface area contributed by atoms with Gasteiger partial charge in [0.15, 0.2) is 0 Å². The molecule has 0 saturated heterocycles. The topological polar surface area (TPSA) is 26.3 Å². The molecule has 0 atom stereocenters. The van der Waals surface area contributed by atoms with Crippen LogP contribution in [0.4, 0.5) is 0 Å². The van der Waals surface area contributed by atoms with Gasteiger partial charge in [-0.05, 0) is 13.8 Å². The van der Waals surface area contributed by atoms with Gasteiger partial charge in [-0.15, -0.1) is 0 Å². The van der Waals surface area contributed by atoms with Crippen LogP contribution in [0, 0.1) is 0 Å². The fraction of sp³-hybridized carbons (Fsp3) is 0.800. The van der Waals surface area contributed by atoms with E-state index in [0.717, 1.165) is 6.29 Å². The van der Waals surface area contributed by atoms with Crippen molar-refractivity contribution in [2.24, 2.45) is 0 Å². The fourth-order valence-electron chi connectivity index (χ4n) is 0.232. The minimum atomic E-state index is 0. The number of rotatable bonds is 3. The molecule has 44 valence electrons. The Morgan fingerprint density at radius 2 is 2.12 bits per heavy atom. The molecule has 0 bridgehead atoms.